The number of hydrogen-bond acceptors (Lipinski definition) is 4. The maximum atomic E-state index is 6.50. The quantitative estimate of drug-likeness (QED) is 0.122. The van der Waals surface area contributed by atoms with Crippen molar-refractivity contribution in [2.45, 2.75) is 83.1 Å². The molecule has 58 heavy (non-hydrogen) atoms. The first-order chi connectivity index (χ1) is 27.5. The predicted molar refractivity (Wildman–Crippen MR) is 252 cm³/mol. The highest BCUT2D eigenvalue weighted by atomic mass is 31.1. The molecule has 0 N–H and O–H groups in total. The Hall–Kier alpha value is -4.62. The Labute approximate surface area is 350 Å². The summed E-state index contributed by atoms with van der Waals surface area (Å²) in [4.78, 5) is 0. The molecule has 0 amide bonds. The average molecular weight is 811 g/mol. The zero-order chi connectivity index (χ0) is 42.3. The first-order valence-corrected chi connectivity index (χ1v) is 22.7. The SMILES string of the molecule is COc1cc(OC)c(-c2c(OC)cc(OC)cc2P(c2cc(C)c(C)c(C)c2)c2cc(C)c(C)c(C)c2)c(P(c2cc(C)c(C)c(C)c2)c2cc(C)c(C)c(C)c2)c1. The highest BCUT2D eigenvalue weighted by Crippen LogP contribution is 2.50. The molecule has 0 saturated heterocycles. The van der Waals surface area contributed by atoms with Crippen LogP contribution in [0, 0.1) is 83.1 Å². The fourth-order valence-corrected chi connectivity index (χ4v) is 13.7. The van der Waals surface area contributed by atoms with Gasteiger partial charge in [-0.05, 0) is 199 Å². The summed E-state index contributed by atoms with van der Waals surface area (Å²) in [6, 6.07) is 27.7. The third-order valence-electron chi connectivity index (χ3n) is 12.4. The molecule has 0 aliphatic heterocycles. The van der Waals surface area contributed by atoms with Gasteiger partial charge < -0.3 is 18.9 Å². The lowest BCUT2D eigenvalue weighted by Crippen LogP contribution is -2.28. The Bertz CT molecular complexity index is 2170. The third-order valence-corrected chi connectivity index (χ3v) is 17.2. The average Bonchev–Trinajstić information content (AvgIpc) is 3.19. The summed E-state index contributed by atoms with van der Waals surface area (Å²) < 4.78 is 25.2. The first kappa shape index (κ1) is 43.0. The lowest BCUT2D eigenvalue weighted by molar-refractivity contribution is 0.392. The second-order valence-electron chi connectivity index (χ2n) is 15.9. The van der Waals surface area contributed by atoms with E-state index >= 15 is 0 Å². The highest BCUT2D eigenvalue weighted by molar-refractivity contribution is 7.80. The molecular weight excluding hydrogens is 751 g/mol. The number of methoxy groups -OCH3 is 4. The van der Waals surface area contributed by atoms with Gasteiger partial charge in [0.25, 0.3) is 0 Å². The van der Waals surface area contributed by atoms with Gasteiger partial charge in [-0.25, -0.2) is 0 Å². The van der Waals surface area contributed by atoms with Crippen molar-refractivity contribution in [2.75, 3.05) is 28.4 Å². The van der Waals surface area contributed by atoms with E-state index < -0.39 is 15.8 Å². The topological polar surface area (TPSA) is 36.9 Å². The second kappa shape index (κ2) is 17.3. The molecule has 0 bridgehead atoms. The standard InChI is InChI=1S/C52H60O4P2/c1-29-17-43(18-30(2)37(29)9)57(44-19-31(3)38(10)32(4)20-44)49-27-41(53-13)25-47(55-15)51(49)52-48(56-16)26-42(54-14)28-50(52)58(45-21-33(5)39(11)34(6)22-45)46-23-35(7)40(12)36(8)24-46/h17-28H,1-16H3. The Kier molecular flexibility index (Phi) is 12.8. The number of hydrogen-bond donors (Lipinski definition) is 0. The van der Waals surface area contributed by atoms with Crippen LogP contribution in [0.1, 0.15) is 66.8 Å². The molecular formula is C52H60O4P2. The van der Waals surface area contributed by atoms with Gasteiger partial charge in [0.2, 0.25) is 0 Å². The van der Waals surface area contributed by atoms with Crippen LogP contribution in [0.25, 0.3) is 11.1 Å². The van der Waals surface area contributed by atoms with Crippen LogP contribution in [-0.4, -0.2) is 28.4 Å². The maximum Gasteiger partial charge on any atom is 0.131 e. The fourth-order valence-electron chi connectivity index (χ4n) is 7.99. The molecule has 0 radical (unpaired) electrons. The molecule has 6 aromatic carbocycles. The minimum atomic E-state index is -1.16. The summed E-state index contributed by atoms with van der Waals surface area (Å²) in [6.45, 7) is 26.7. The van der Waals surface area contributed by atoms with Crippen LogP contribution < -0.4 is 50.8 Å². The van der Waals surface area contributed by atoms with E-state index in [1.54, 1.807) is 28.4 Å². The van der Waals surface area contributed by atoms with Crippen LogP contribution in [0.2, 0.25) is 0 Å². The lowest BCUT2D eigenvalue weighted by Gasteiger charge is -2.30. The van der Waals surface area contributed by atoms with Crippen LogP contribution in [0.4, 0.5) is 0 Å². The van der Waals surface area contributed by atoms with E-state index in [2.05, 4.69) is 144 Å². The molecule has 0 heterocycles. The summed E-state index contributed by atoms with van der Waals surface area (Å²) in [5, 5.41) is 7.40. The largest absolute Gasteiger partial charge is 0.497 e. The van der Waals surface area contributed by atoms with Crippen LogP contribution in [0.15, 0.2) is 72.8 Å². The lowest BCUT2D eigenvalue weighted by atomic mass is 10.0. The van der Waals surface area contributed by atoms with E-state index in [0.717, 1.165) is 44.7 Å². The Morgan fingerprint density at radius 1 is 0.293 bits per heavy atom. The number of aryl methyl sites for hydroxylation is 8. The summed E-state index contributed by atoms with van der Waals surface area (Å²) in [6.07, 6.45) is 0. The van der Waals surface area contributed by atoms with Crippen molar-refractivity contribution < 1.29 is 18.9 Å². The first-order valence-electron chi connectivity index (χ1n) is 20.0. The van der Waals surface area contributed by atoms with E-state index in [9.17, 15) is 0 Å². The third kappa shape index (κ3) is 8.04. The van der Waals surface area contributed by atoms with Gasteiger partial charge in [0.1, 0.15) is 23.0 Å². The number of ether oxygens (including phenoxy) is 4. The molecule has 0 saturated carbocycles. The van der Waals surface area contributed by atoms with Gasteiger partial charge in [0.05, 0.1) is 28.4 Å². The van der Waals surface area contributed by atoms with Gasteiger partial charge in [-0.3, -0.25) is 0 Å². The highest BCUT2D eigenvalue weighted by Gasteiger charge is 2.33. The number of benzene rings is 6. The molecule has 4 nitrogen and oxygen atoms in total. The molecule has 0 aromatic heterocycles. The van der Waals surface area contributed by atoms with Gasteiger partial charge in [0.15, 0.2) is 0 Å². The molecule has 0 aliphatic rings. The van der Waals surface area contributed by atoms with Crippen molar-refractivity contribution >= 4 is 47.7 Å². The van der Waals surface area contributed by atoms with E-state index in [0.29, 0.717) is 0 Å². The number of rotatable bonds is 11. The van der Waals surface area contributed by atoms with E-state index in [1.807, 2.05) is 12.1 Å². The molecule has 0 unspecified atom stereocenters. The Morgan fingerprint density at radius 3 is 0.707 bits per heavy atom. The van der Waals surface area contributed by atoms with E-state index in [4.69, 9.17) is 18.9 Å². The maximum absolute atomic E-state index is 6.50. The predicted octanol–water partition coefficient (Wildman–Crippen LogP) is 10.6. The molecule has 0 atom stereocenters. The monoisotopic (exact) mass is 810 g/mol. The van der Waals surface area contributed by atoms with Crippen molar-refractivity contribution in [2.24, 2.45) is 0 Å². The molecule has 6 heteroatoms. The van der Waals surface area contributed by atoms with Crippen LogP contribution >= 0.6 is 15.8 Å². The van der Waals surface area contributed by atoms with E-state index in [-0.39, 0.29) is 0 Å². The molecule has 0 fully saturated rings. The summed E-state index contributed by atoms with van der Waals surface area (Å²) in [5.41, 5.74) is 17.5. The van der Waals surface area contributed by atoms with Crippen LogP contribution in [0.5, 0.6) is 23.0 Å². The van der Waals surface area contributed by atoms with Crippen molar-refractivity contribution in [3.05, 3.63) is 140 Å². The Balaban J connectivity index is 1.85. The molecule has 6 aromatic rings. The summed E-state index contributed by atoms with van der Waals surface area (Å²) >= 11 is 0. The van der Waals surface area contributed by atoms with Crippen LogP contribution in [-0.2, 0) is 0 Å². The van der Waals surface area contributed by atoms with E-state index in [1.165, 1.54) is 88.0 Å². The van der Waals surface area contributed by atoms with Crippen molar-refractivity contribution in [3.8, 4) is 34.1 Å². The zero-order valence-electron chi connectivity index (χ0n) is 37.5. The zero-order valence-corrected chi connectivity index (χ0v) is 39.2. The molecule has 6 rings (SSSR count). The fraction of sp³-hybridized carbons (Fsp3) is 0.308. The molecule has 0 aliphatic carbocycles. The minimum absolute atomic E-state index is 0.732. The van der Waals surface area contributed by atoms with Crippen molar-refractivity contribution in [1.29, 1.82) is 0 Å². The van der Waals surface area contributed by atoms with Crippen molar-refractivity contribution in [1.82, 2.24) is 0 Å². The minimum Gasteiger partial charge on any atom is -0.497 e. The van der Waals surface area contributed by atoms with Gasteiger partial charge in [-0.2, -0.15) is 0 Å². The smallest absolute Gasteiger partial charge is 0.131 e. The van der Waals surface area contributed by atoms with Gasteiger partial charge >= 0.3 is 0 Å². The normalized spacial score (nSPS) is 11.4. The Morgan fingerprint density at radius 2 is 0.517 bits per heavy atom. The second-order valence-corrected chi connectivity index (χ2v) is 20.3. The summed E-state index contributed by atoms with van der Waals surface area (Å²) in [7, 11) is 4.69. The van der Waals surface area contributed by atoms with Gasteiger partial charge in [0, 0.05) is 33.9 Å². The molecule has 302 valence electrons. The van der Waals surface area contributed by atoms with Crippen LogP contribution in [0.3, 0.4) is 0 Å². The molecule has 0 spiro atoms. The van der Waals surface area contributed by atoms with Gasteiger partial charge in [-0.15, -0.1) is 0 Å². The summed E-state index contributed by atoms with van der Waals surface area (Å²) in [5.74, 6) is 2.95. The van der Waals surface area contributed by atoms with Gasteiger partial charge in [-0.1, -0.05) is 48.5 Å². The van der Waals surface area contributed by atoms with Crippen molar-refractivity contribution in [3.63, 3.8) is 0 Å².